The molecule has 0 saturated carbocycles. The number of nitrogens with zero attached hydrogens (tertiary/aromatic N) is 6. The molecule has 2 N–H and O–H groups in total. The molecule has 0 spiro atoms. The molecule has 7 nitrogen and oxygen atoms in total. The maximum absolute atomic E-state index is 5.52. The van der Waals surface area contributed by atoms with Gasteiger partial charge in [0.05, 0.1) is 12.2 Å². The van der Waals surface area contributed by atoms with Crippen molar-refractivity contribution in [1.82, 2.24) is 29.6 Å². The molecule has 0 bridgehead atoms. The molecule has 0 aromatic carbocycles. The van der Waals surface area contributed by atoms with Crippen molar-refractivity contribution in [3.05, 3.63) is 35.8 Å². The molecule has 3 rings (SSSR count). The first-order chi connectivity index (χ1) is 9.76. The molecule has 3 heterocycles. The zero-order chi connectivity index (χ0) is 13.9. The van der Waals surface area contributed by atoms with Gasteiger partial charge in [0.25, 0.3) is 0 Å². The van der Waals surface area contributed by atoms with Crippen LogP contribution in [0.1, 0.15) is 11.3 Å². The van der Waals surface area contributed by atoms with Gasteiger partial charge in [0.2, 0.25) is 5.16 Å². The Bertz CT molecular complexity index is 717. The molecular formula is C12H15N7S. The normalized spacial score (nSPS) is 11.3. The average molecular weight is 289 g/mol. The van der Waals surface area contributed by atoms with Crippen molar-refractivity contribution < 1.29 is 0 Å². The van der Waals surface area contributed by atoms with Crippen molar-refractivity contribution in [1.29, 1.82) is 0 Å². The van der Waals surface area contributed by atoms with Gasteiger partial charge in [0, 0.05) is 24.7 Å². The maximum atomic E-state index is 5.52. The standard InChI is InChI=1S/C12H15N7S/c1-9-2-3-11-14-10(7-18(11)6-9)8-20-12-15-16-17-19(12)5-4-13/h2-3,6-7H,4-5,8,13H2,1H3. The summed E-state index contributed by atoms with van der Waals surface area (Å²) in [5, 5.41) is 12.3. The van der Waals surface area contributed by atoms with Crippen LogP contribution in [0.2, 0.25) is 0 Å². The number of imidazole rings is 1. The predicted octanol–water partition coefficient (Wildman–Crippen LogP) is 0.880. The van der Waals surface area contributed by atoms with E-state index in [0.29, 0.717) is 13.1 Å². The van der Waals surface area contributed by atoms with E-state index in [4.69, 9.17) is 5.73 Å². The summed E-state index contributed by atoms with van der Waals surface area (Å²) in [6, 6.07) is 4.07. The average Bonchev–Trinajstić information content (AvgIpc) is 3.02. The van der Waals surface area contributed by atoms with Crippen molar-refractivity contribution in [3.63, 3.8) is 0 Å². The maximum Gasteiger partial charge on any atom is 0.209 e. The van der Waals surface area contributed by atoms with E-state index in [-0.39, 0.29) is 0 Å². The fourth-order valence-electron chi connectivity index (χ4n) is 1.93. The number of nitrogens with two attached hydrogens (primary N) is 1. The largest absolute Gasteiger partial charge is 0.329 e. The van der Waals surface area contributed by atoms with Gasteiger partial charge >= 0.3 is 0 Å². The summed E-state index contributed by atoms with van der Waals surface area (Å²) in [5.74, 6) is 0.728. The SMILES string of the molecule is Cc1ccc2nc(CSc3nnnn3CCN)cn2c1. The molecule has 0 aliphatic carbocycles. The summed E-state index contributed by atoms with van der Waals surface area (Å²) in [7, 11) is 0. The van der Waals surface area contributed by atoms with Crippen LogP contribution in [0.15, 0.2) is 29.7 Å². The second kappa shape index (κ2) is 5.59. The molecule has 0 radical (unpaired) electrons. The number of hydrogen-bond acceptors (Lipinski definition) is 6. The molecule has 104 valence electrons. The van der Waals surface area contributed by atoms with Gasteiger partial charge in [-0.3, -0.25) is 0 Å². The minimum Gasteiger partial charge on any atom is -0.329 e. The molecule has 3 aromatic heterocycles. The molecule has 0 saturated heterocycles. The van der Waals surface area contributed by atoms with E-state index in [2.05, 4.69) is 39.7 Å². The summed E-state index contributed by atoms with van der Waals surface area (Å²) in [4.78, 5) is 4.57. The van der Waals surface area contributed by atoms with Gasteiger partial charge in [0.1, 0.15) is 5.65 Å². The lowest BCUT2D eigenvalue weighted by molar-refractivity contribution is 0.557. The van der Waals surface area contributed by atoms with Gasteiger partial charge in [-0.1, -0.05) is 17.8 Å². The van der Waals surface area contributed by atoms with Crippen LogP contribution in [0.25, 0.3) is 5.65 Å². The molecule has 0 aliphatic rings. The number of tetrazole rings is 1. The van der Waals surface area contributed by atoms with E-state index < -0.39 is 0 Å². The molecule has 8 heteroatoms. The Morgan fingerprint density at radius 2 is 2.20 bits per heavy atom. The summed E-state index contributed by atoms with van der Waals surface area (Å²) >= 11 is 1.56. The van der Waals surface area contributed by atoms with Gasteiger partial charge in [-0.25, -0.2) is 9.67 Å². The van der Waals surface area contributed by atoms with Crippen LogP contribution in [-0.2, 0) is 12.3 Å². The zero-order valence-corrected chi connectivity index (χ0v) is 11.9. The molecule has 0 unspecified atom stereocenters. The third-order valence-electron chi connectivity index (χ3n) is 2.84. The van der Waals surface area contributed by atoms with E-state index in [1.54, 1.807) is 16.4 Å². The van der Waals surface area contributed by atoms with Crippen LogP contribution < -0.4 is 5.73 Å². The Hall–Kier alpha value is -1.93. The molecule has 0 aliphatic heterocycles. The van der Waals surface area contributed by atoms with Crippen LogP contribution in [0.4, 0.5) is 0 Å². The third-order valence-corrected chi connectivity index (χ3v) is 3.83. The predicted molar refractivity (Wildman–Crippen MR) is 76.4 cm³/mol. The highest BCUT2D eigenvalue weighted by molar-refractivity contribution is 7.98. The number of rotatable bonds is 5. The number of fused-ring (bicyclic) bond motifs is 1. The Balaban J connectivity index is 1.74. The molecular weight excluding hydrogens is 274 g/mol. The van der Waals surface area contributed by atoms with Crippen molar-refractivity contribution >= 4 is 17.4 Å². The van der Waals surface area contributed by atoms with E-state index in [0.717, 1.165) is 22.3 Å². The minimum atomic E-state index is 0.520. The number of hydrogen-bond donors (Lipinski definition) is 1. The highest BCUT2D eigenvalue weighted by Crippen LogP contribution is 2.19. The van der Waals surface area contributed by atoms with Crippen molar-refractivity contribution in [2.75, 3.05) is 6.54 Å². The van der Waals surface area contributed by atoms with E-state index in [1.165, 1.54) is 5.56 Å². The summed E-state index contributed by atoms with van der Waals surface area (Å²) in [5.41, 5.74) is 8.68. The van der Waals surface area contributed by atoms with Crippen molar-refractivity contribution in [2.24, 2.45) is 5.73 Å². The zero-order valence-electron chi connectivity index (χ0n) is 11.1. The lowest BCUT2D eigenvalue weighted by atomic mass is 10.3. The summed E-state index contributed by atoms with van der Waals surface area (Å²) in [6.45, 7) is 3.21. The number of aromatic nitrogens is 6. The van der Waals surface area contributed by atoms with E-state index in [9.17, 15) is 0 Å². The van der Waals surface area contributed by atoms with Gasteiger partial charge in [0.15, 0.2) is 0 Å². The second-order valence-electron chi connectivity index (χ2n) is 4.47. The number of thioether (sulfide) groups is 1. The van der Waals surface area contributed by atoms with Crippen LogP contribution in [0.5, 0.6) is 0 Å². The Labute approximate surface area is 120 Å². The fourth-order valence-corrected chi connectivity index (χ4v) is 2.71. The number of aryl methyl sites for hydroxylation is 1. The van der Waals surface area contributed by atoms with Crippen LogP contribution in [0.3, 0.4) is 0 Å². The quantitative estimate of drug-likeness (QED) is 0.702. The highest BCUT2D eigenvalue weighted by Gasteiger charge is 2.08. The summed E-state index contributed by atoms with van der Waals surface area (Å²) in [6.07, 6.45) is 4.10. The Morgan fingerprint density at radius 1 is 1.30 bits per heavy atom. The lowest BCUT2D eigenvalue weighted by Gasteiger charge is -2.00. The molecule has 0 amide bonds. The second-order valence-corrected chi connectivity index (χ2v) is 5.41. The Morgan fingerprint density at radius 3 is 3.05 bits per heavy atom. The summed E-state index contributed by atoms with van der Waals surface area (Å²) < 4.78 is 3.75. The minimum absolute atomic E-state index is 0.520. The van der Waals surface area contributed by atoms with Crippen LogP contribution in [0, 0.1) is 6.92 Å². The first kappa shape index (κ1) is 13.1. The van der Waals surface area contributed by atoms with E-state index in [1.807, 2.05) is 16.7 Å². The topological polar surface area (TPSA) is 86.9 Å². The van der Waals surface area contributed by atoms with Crippen molar-refractivity contribution in [2.45, 2.75) is 24.4 Å². The van der Waals surface area contributed by atoms with Crippen molar-refractivity contribution in [3.8, 4) is 0 Å². The number of pyridine rings is 1. The highest BCUT2D eigenvalue weighted by atomic mass is 32.2. The van der Waals surface area contributed by atoms with Gasteiger partial charge < -0.3 is 10.1 Å². The van der Waals surface area contributed by atoms with E-state index >= 15 is 0 Å². The molecule has 3 aromatic rings. The van der Waals surface area contributed by atoms with Crippen LogP contribution in [-0.4, -0.2) is 36.1 Å². The van der Waals surface area contributed by atoms with Gasteiger partial charge in [-0.05, 0) is 29.0 Å². The molecule has 20 heavy (non-hydrogen) atoms. The molecule has 0 atom stereocenters. The van der Waals surface area contributed by atoms with Crippen LogP contribution >= 0.6 is 11.8 Å². The van der Waals surface area contributed by atoms with Gasteiger partial charge in [-0.2, -0.15) is 0 Å². The van der Waals surface area contributed by atoms with Gasteiger partial charge in [-0.15, -0.1) is 5.10 Å². The lowest BCUT2D eigenvalue weighted by Crippen LogP contribution is -2.12. The monoisotopic (exact) mass is 289 g/mol. The Kier molecular flexibility index (Phi) is 3.66. The fraction of sp³-hybridized carbons (Fsp3) is 0.333. The third kappa shape index (κ3) is 2.66. The smallest absolute Gasteiger partial charge is 0.209 e. The molecule has 0 fully saturated rings. The first-order valence-electron chi connectivity index (χ1n) is 6.29. The first-order valence-corrected chi connectivity index (χ1v) is 7.28.